The average Bonchev–Trinajstić information content (AvgIpc) is 2.96. The lowest BCUT2D eigenvalue weighted by atomic mass is 10.1. The van der Waals surface area contributed by atoms with E-state index in [4.69, 9.17) is 5.73 Å². The first-order valence-electron chi connectivity index (χ1n) is 7.67. The second-order valence-electron chi connectivity index (χ2n) is 5.66. The number of nitrogen functional groups attached to an aromatic ring is 1. The van der Waals surface area contributed by atoms with Gasteiger partial charge in [0.25, 0.3) is 0 Å². The normalized spacial score (nSPS) is 11.7. The van der Waals surface area contributed by atoms with E-state index in [1.807, 2.05) is 30.3 Å². The van der Waals surface area contributed by atoms with Gasteiger partial charge in [-0.1, -0.05) is 18.2 Å². The Hall–Kier alpha value is -2.87. The molecule has 2 aromatic carbocycles. The lowest BCUT2D eigenvalue weighted by molar-refractivity contribution is -0.176. The van der Waals surface area contributed by atoms with Crippen LogP contribution in [0.1, 0.15) is 5.56 Å². The third kappa shape index (κ3) is 4.40. The predicted octanol–water partition coefficient (Wildman–Crippen LogP) is 4.34. The SMILES string of the molecule is Nc1cc(-c2cc(F)cc(COCC(F)(F)F)c2)n(-c2ccccc2)n1. The maximum atomic E-state index is 14.0. The summed E-state index contributed by atoms with van der Waals surface area (Å²) in [6, 6.07) is 14.6. The fourth-order valence-corrected chi connectivity index (χ4v) is 2.54. The summed E-state index contributed by atoms with van der Waals surface area (Å²) < 4.78 is 56.7. The van der Waals surface area contributed by atoms with Crippen LogP contribution in [0.25, 0.3) is 16.9 Å². The fraction of sp³-hybridized carbons (Fsp3) is 0.167. The minimum Gasteiger partial charge on any atom is -0.382 e. The highest BCUT2D eigenvalue weighted by Gasteiger charge is 2.27. The summed E-state index contributed by atoms with van der Waals surface area (Å²) in [6.07, 6.45) is -4.43. The molecule has 0 aliphatic rings. The molecule has 0 aliphatic heterocycles. The first-order chi connectivity index (χ1) is 12.3. The van der Waals surface area contributed by atoms with Gasteiger partial charge in [0.15, 0.2) is 0 Å². The van der Waals surface area contributed by atoms with Crippen LogP contribution in [0.15, 0.2) is 54.6 Å². The lowest BCUT2D eigenvalue weighted by Crippen LogP contribution is -2.16. The van der Waals surface area contributed by atoms with E-state index in [2.05, 4.69) is 9.84 Å². The molecule has 136 valence electrons. The number of nitrogens with zero attached hydrogens (tertiary/aromatic N) is 2. The number of rotatable bonds is 5. The molecule has 1 heterocycles. The second-order valence-corrected chi connectivity index (χ2v) is 5.66. The van der Waals surface area contributed by atoms with Gasteiger partial charge in [-0.05, 0) is 35.9 Å². The van der Waals surface area contributed by atoms with E-state index >= 15 is 0 Å². The van der Waals surface area contributed by atoms with Crippen molar-refractivity contribution in [3.05, 3.63) is 66.0 Å². The molecule has 0 saturated heterocycles. The van der Waals surface area contributed by atoms with E-state index in [0.717, 1.165) is 11.8 Å². The van der Waals surface area contributed by atoms with Crippen LogP contribution >= 0.6 is 0 Å². The average molecular weight is 365 g/mol. The largest absolute Gasteiger partial charge is 0.411 e. The van der Waals surface area contributed by atoms with E-state index in [9.17, 15) is 17.6 Å². The number of aromatic nitrogens is 2. The number of hydrogen-bond donors (Lipinski definition) is 1. The Balaban J connectivity index is 1.93. The van der Waals surface area contributed by atoms with Crippen LogP contribution in [-0.2, 0) is 11.3 Å². The van der Waals surface area contributed by atoms with Gasteiger partial charge in [0.05, 0.1) is 18.0 Å². The quantitative estimate of drug-likeness (QED) is 0.685. The second kappa shape index (κ2) is 7.17. The van der Waals surface area contributed by atoms with Gasteiger partial charge in [-0.25, -0.2) is 9.07 Å². The van der Waals surface area contributed by atoms with Crippen molar-refractivity contribution in [1.82, 2.24) is 9.78 Å². The van der Waals surface area contributed by atoms with Crippen molar-refractivity contribution in [3.63, 3.8) is 0 Å². The van der Waals surface area contributed by atoms with Crippen LogP contribution < -0.4 is 5.73 Å². The molecule has 0 bridgehead atoms. The molecular weight excluding hydrogens is 350 g/mol. The van der Waals surface area contributed by atoms with Crippen LogP contribution in [0, 0.1) is 5.82 Å². The van der Waals surface area contributed by atoms with E-state index in [1.54, 1.807) is 16.8 Å². The molecule has 0 radical (unpaired) electrons. The van der Waals surface area contributed by atoms with Gasteiger partial charge in [-0.2, -0.15) is 18.3 Å². The number of anilines is 1. The maximum Gasteiger partial charge on any atom is 0.411 e. The first-order valence-corrected chi connectivity index (χ1v) is 7.67. The number of benzene rings is 2. The molecule has 0 saturated carbocycles. The summed E-state index contributed by atoms with van der Waals surface area (Å²) in [5.41, 5.74) is 7.74. The Morgan fingerprint density at radius 3 is 2.46 bits per heavy atom. The van der Waals surface area contributed by atoms with Crippen LogP contribution in [0.3, 0.4) is 0 Å². The highest BCUT2D eigenvalue weighted by molar-refractivity contribution is 5.66. The topological polar surface area (TPSA) is 53.1 Å². The van der Waals surface area contributed by atoms with Crippen molar-refractivity contribution >= 4 is 5.82 Å². The summed E-state index contributed by atoms with van der Waals surface area (Å²) in [7, 11) is 0. The Kier molecular flexibility index (Phi) is 4.94. The van der Waals surface area contributed by atoms with Gasteiger partial charge in [0, 0.05) is 11.6 Å². The summed E-state index contributed by atoms with van der Waals surface area (Å²) in [6.45, 7) is -1.76. The van der Waals surface area contributed by atoms with Crippen molar-refractivity contribution in [2.45, 2.75) is 12.8 Å². The summed E-state index contributed by atoms with van der Waals surface area (Å²) in [5.74, 6) is -0.351. The molecule has 0 spiro atoms. The van der Waals surface area contributed by atoms with E-state index in [0.29, 0.717) is 11.3 Å². The first kappa shape index (κ1) is 17.9. The van der Waals surface area contributed by atoms with Gasteiger partial charge in [0.2, 0.25) is 0 Å². The third-order valence-corrected chi connectivity index (χ3v) is 3.52. The van der Waals surface area contributed by atoms with Gasteiger partial charge >= 0.3 is 6.18 Å². The van der Waals surface area contributed by atoms with Crippen LogP contribution in [0.4, 0.5) is 23.4 Å². The number of hydrogen-bond acceptors (Lipinski definition) is 3. The van der Waals surface area contributed by atoms with E-state index < -0.39 is 18.6 Å². The molecule has 26 heavy (non-hydrogen) atoms. The molecule has 2 N–H and O–H groups in total. The molecule has 0 atom stereocenters. The minimum absolute atomic E-state index is 0.239. The number of nitrogens with two attached hydrogens (primary N) is 1. The molecule has 8 heteroatoms. The zero-order chi connectivity index (χ0) is 18.7. The molecule has 0 aliphatic carbocycles. The van der Waals surface area contributed by atoms with Gasteiger partial charge in [-0.15, -0.1) is 0 Å². The maximum absolute atomic E-state index is 14.0. The third-order valence-electron chi connectivity index (χ3n) is 3.52. The van der Waals surface area contributed by atoms with Crippen molar-refractivity contribution < 1.29 is 22.3 Å². The monoisotopic (exact) mass is 365 g/mol. The van der Waals surface area contributed by atoms with Gasteiger partial charge in [-0.3, -0.25) is 0 Å². The standard InChI is InChI=1S/C18H15F4N3O/c19-14-7-12(10-26-11-18(20,21)22)6-13(8-14)16-9-17(23)24-25(16)15-4-2-1-3-5-15/h1-9H,10-11H2,(H2,23,24). The zero-order valence-electron chi connectivity index (χ0n) is 13.5. The van der Waals surface area contributed by atoms with E-state index in [1.165, 1.54) is 6.07 Å². The number of alkyl halides is 3. The number of para-hydroxylation sites is 1. The molecule has 1 aromatic heterocycles. The van der Waals surface area contributed by atoms with E-state index in [-0.39, 0.29) is 18.0 Å². The summed E-state index contributed by atoms with van der Waals surface area (Å²) >= 11 is 0. The van der Waals surface area contributed by atoms with Gasteiger partial charge in [0.1, 0.15) is 18.2 Å². The fourth-order valence-electron chi connectivity index (χ4n) is 2.54. The van der Waals surface area contributed by atoms with Crippen molar-refractivity contribution in [2.24, 2.45) is 0 Å². The summed E-state index contributed by atoms with van der Waals surface area (Å²) in [4.78, 5) is 0. The highest BCUT2D eigenvalue weighted by Crippen LogP contribution is 2.27. The molecular formula is C18H15F4N3O. The summed E-state index contributed by atoms with van der Waals surface area (Å²) in [5, 5.41) is 4.20. The Morgan fingerprint density at radius 2 is 1.77 bits per heavy atom. The molecule has 3 aromatic rings. The molecule has 3 rings (SSSR count). The molecule has 4 nitrogen and oxygen atoms in total. The molecule has 0 fully saturated rings. The zero-order valence-corrected chi connectivity index (χ0v) is 13.5. The van der Waals surface area contributed by atoms with Crippen LogP contribution in [0.5, 0.6) is 0 Å². The van der Waals surface area contributed by atoms with Crippen molar-refractivity contribution in [2.75, 3.05) is 12.3 Å². The van der Waals surface area contributed by atoms with Crippen LogP contribution in [0.2, 0.25) is 0 Å². The Morgan fingerprint density at radius 1 is 1.04 bits per heavy atom. The number of halogens is 4. The highest BCUT2D eigenvalue weighted by atomic mass is 19.4. The minimum atomic E-state index is -4.43. The Labute approximate surface area is 146 Å². The van der Waals surface area contributed by atoms with Crippen molar-refractivity contribution in [3.8, 4) is 16.9 Å². The predicted molar refractivity (Wildman–Crippen MR) is 89.1 cm³/mol. The molecule has 0 amide bonds. The lowest BCUT2D eigenvalue weighted by Gasteiger charge is -2.11. The van der Waals surface area contributed by atoms with Gasteiger partial charge < -0.3 is 10.5 Å². The molecule has 0 unspecified atom stereocenters. The Bertz CT molecular complexity index is 891. The van der Waals surface area contributed by atoms with Crippen molar-refractivity contribution in [1.29, 1.82) is 0 Å². The van der Waals surface area contributed by atoms with Crippen LogP contribution in [-0.4, -0.2) is 22.6 Å². The number of ether oxygens (including phenoxy) is 1. The smallest absolute Gasteiger partial charge is 0.382 e.